The van der Waals surface area contributed by atoms with Crippen molar-refractivity contribution in [3.8, 4) is 11.5 Å². The van der Waals surface area contributed by atoms with Crippen molar-refractivity contribution in [2.45, 2.75) is 6.92 Å². The van der Waals surface area contributed by atoms with E-state index in [0.29, 0.717) is 41.2 Å². The van der Waals surface area contributed by atoms with Crippen LogP contribution in [0.25, 0.3) is 10.9 Å². The zero-order valence-electron chi connectivity index (χ0n) is 14.0. The molecule has 126 valence electrons. The molecule has 0 unspecified atom stereocenters. The van der Waals surface area contributed by atoms with Crippen molar-refractivity contribution < 1.29 is 14.3 Å². The van der Waals surface area contributed by atoms with Crippen LogP contribution in [0.3, 0.4) is 0 Å². The first-order chi connectivity index (χ1) is 12.0. The Morgan fingerprint density at radius 2 is 1.68 bits per heavy atom. The van der Waals surface area contributed by atoms with E-state index in [2.05, 4.69) is 0 Å². The number of aryl methyl sites for hydroxylation is 2. The van der Waals surface area contributed by atoms with Crippen LogP contribution in [-0.2, 0) is 7.05 Å². The molecule has 0 spiro atoms. The zero-order chi connectivity index (χ0) is 17.6. The lowest BCUT2D eigenvalue weighted by atomic mass is 10.0. The van der Waals surface area contributed by atoms with Gasteiger partial charge in [-0.05, 0) is 13.0 Å². The first-order valence-electron chi connectivity index (χ1n) is 8.09. The molecule has 2 aromatic carbocycles. The molecule has 1 aromatic heterocycles. The van der Waals surface area contributed by atoms with Crippen LogP contribution in [-0.4, -0.2) is 23.6 Å². The lowest BCUT2D eigenvalue weighted by molar-refractivity contribution is 0.103. The summed E-state index contributed by atoms with van der Waals surface area (Å²) in [7, 11) is 1.81. The summed E-state index contributed by atoms with van der Waals surface area (Å²) in [5, 5.41) is 0.449. The normalized spacial score (nSPS) is 13.0. The first-order valence-corrected chi connectivity index (χ1v) is 8.09. The fourth-order valence-corrected chi connectivity index (χ4v) is 3.04. The van der Waals surface area contributed by atoms with E-state index < -0.39 is 0 Å². The Labute approximate surface area is 144 Å². The number of aromatic nitrogens is 1. The first kappa shape index (κ1) is 15.4. The summed E-state index contributed by atoms with van der Waals surface area (Å²) in [5.74, 6) is 0.875. The molecule has 0 saturated heterocycles. The number of benzene rings is 2. The molecule has 1 aliphatic rings. The highest BCUT2D eigenvalue weighted by atomic mass is 16.6. The van der Waals surface area contributed by atoms with E-state index in [1.54, 1.807) is 35.0 Å². The number of ketones is 1. The second-order valence-electron chi connectivity index (χ2n) is 6.19. The molecule has 3 aromatic rings. The third-order valence-corrected chi connectivity index (χ3v) is 4.41. The number of rotatable bonds is 2. The lowest BCUT2D eigenvalue weighted by Crippen LogP contribution is -2.20. The van der Waals surface area contributed by atoms with Gasteiger partial charge in [0.25, 0.3) is 0 Å². The summed E-state index contributed by atoms with van der Waals surface area (Å²) in [6.45, 7) is 2.88. The van der Waals surface area contributed by atoms with Crippen LogP contribution in [0.2, 0.25) is 0 Å². The van der Waals surface area contributed by atoms with E-state index in [-0.39, 0.29) is 16.8 Å². The molecule has 0 N–H and O–H groups in total. The van der Waals surface area contributed by atoms with Crippen molar-refractivity contribution in [3.63, 3.8) is 0 Å². The molecule has 0 fully saturated rings. The van der Waals surface area contributed by atoms with Gasteiger partial charge in [0.05, 0.1) is 16.5 Å². The third kappa shape index (κ3) is 2.58. The van der Waals surface area contributed by atoms with Crippen molar-refractivity contribution in [2.24, 2.45) is 7.05 Å². The molecule has 4 rings (SSSR count). The Morgan fingerprint density at radius 1 is 1.04 bits per heavy atom. The Kier molecular flexibility index (Phi) is 3.57. The molecule has 0 atom stereocenters. The summed E-state index contributed by atoms with van der Waals surface area (Å²) < 4.78 is 12.9. The molecular formula is C20H17NO4. The molecule has 0 bridgehead atoms. The average molecular weight is 335 g/mol. The Balaban J connectivity index is 1.90. The fourth-order valence-electron chi connectivity index (χ4n) is 3.04. The van der Waals surface area contributed by atoms with Crippen molar-refractivity contribution in [2.75, 3.05) is 13.2 Å². The van der Waals surface area contributed by atoms with Crippen LogP contribution < -0.4 is 14.9 Å². The van der Waals surface area contributed by atoms with Gasteiger partial charge in [0, 0.05) is 24.9 Å². The number of carbonyl (C=O) groups excluding carboxylic acids is 1. The Bertz CT molecular complexity index is 1050. The van der Waals surface area contributed by atoms with Crippen LogP contribution in [0, 0.1) is 6.92 Å². The van der Waals surface area contributed by atoms with Crippen molar-refractivity contribution in [3.05, 3.63) is 69.5 Å². The molecule has 1 aliphatic heterocycles. The van der Waals surface area contributed by atoms with Crippen LogP contribution in [0.1, 0.15) is 21.5 Å². The summed E-state index contributed by atoms with van der Waals surface area (Å²) in [6, 6.07) is 10.7. The molecule has 0 saturated carbocycles. The Hall–Kier alpha value is -3.08. The predicted molar refractivity (Wildman–Crippen MR) is 94.8 cm³/mol. The van der Waals surface area contributed by atoms with Crippen LogP contribution in [0.5, 0.6) is 11.5 Å². The van der Waals surface area contributed by atoms with Gasteiger partial charge in [0.15, 0.2) is 17.3 Å². The third-order valence-electron chi connectivity index (χ3n) is 4.41. The van der Waals surface area contributed by atoms with Crippen molar-refractivity contribution >= 4 is 16.7 Å². The summed E-state index contributed by atoms with van der Waals surface area (Å²) in [5.41, 5.74) is 2.12. The zero-order valence-corrected chi connectivity index (χ0v) is 14.0. The molecule has 2 heterocycles. The summed E-state index contributed by atoms with van der Waals surface area (Å²) in [6.07, 6.45) is 1.59. The van der Waals surface area contributed by atoms with Crippen molar-refractivity contribution in [1.29, 1.82) is 0 Å². The second kappa shape index (κ2) is 5.77. The van der Waals surface area contributed by atoms with Gasteiger partial charge in [-0.3, -0.25) is 9.59 Å². The second-order valence-corrected chi connectivity index (χ2v) is 6.19. The number of fused-ring (bicyclic) bond motifs is 2. The van der Waals surface area contributed by atoms with Gasteiger partial charge in [0.1, 0.15) is 13.2 Å². The molecule has 0 radical (unpaired) electrons. The fraction of sp³-hybridized carbons (Fsp3) is 0.200. The van der Waals surface area contributed by atoms with Gasteiger partial charge >= 0.3 is 0 Å². The maximum atomic E-state index is 12.9. The topological polar surface area (TPSA) is 57.5 Å². The van der Waals surface area contributed by atoms with Crippen LogP contribution in [0.15, 0.2) is 47.4 Å². The highest BCUT2D eigenvalue weighted by molar-refractivity contribution is 6.10. The number of hydrogen-bond donors (Lipinski definition) is 0. The lowest BCUT2D eigenvalue weighted by Gasteiger charge is -2.19. The van der Waals surface area contributed by atoms with Gasteiger partial charge in [-0.25, -0.2) is 0 Å². The number of pyridine rings is 1. The van der Waals surface area contributed by atoms with Gasteiger partial charge in [-0.1, -0.05) is 29.8 Å². The molecular weight excluding hydrogens is 318 g/mol. The minimum atomic E-state index is -0.296. The average Bonchev–Trinajstić information content (AvgIpc) is 2.63. The number of carbonyl (C=O) groups is 1. The number of hydrogen-bond acceptors (Lipinski definition) is 4. The SMILES string of the molecule is Cc1ccc(C(=O)c2cn(C)c3cc4c(cc3c2=O)OCCO4)cc1. The summed E-state index contributed by atoms with van der Waals surface area (Å²) >= 11 is 0. The van der Waals surface area contributed by atoms with Crippen molar-refractivity contribution in [1.82, 2.24) is 4.57 Å². The highest BCUT2D eigenvalue weighted by Crippen LogP contribution is 2.33. The quantitative estimate of drug-likeness (QED) is 0.676. The molecule has 5 nitrogen and oxygen atoms in total. The smallest absolute Gasteiger partial charge is 0.200 e. The van der Waals surface area contributed by atoms with E-state index in [0.717, 1.165) is 5.56 Å². The maximum absolute atomic E-state index is 12.9. The minimum absolute atomic E-state index is 0.149. The molecule has 25 heavy (non-hydrogen) atoms. The minimum Gasteiger partial charge on any atom is -0.486 e. The van der Waals surface area contributed by atoms with Gasteiger partial charge in [0.2, 0.25) is 5.43 Å². The Morgan fingerprint density at radius 3 is 2.36 bits per heavy atom. The highest BCUT2D eigenvalue weighted by Gasteiger charge is 2.20. The molecule has 5 heteroatoms. The van der Waals surface area contributed by atoms with E-state index in [4.69, 9.17) is 9.47 Å². The van der Waals surface area contributed by atoms with Crippen LogP contribution in [0.4, 0.5) is 0 Å². The number of ether oxygens (including phenoxy) is 2. The van der Waals surface area contributed by atoms with E-state index in [1.165, 1.54) is 0 Å². The largest absolute Gasteiger partial charge is 0.486 e. The molecule has 0 amide bonds. The van der Waals surface area contributed by atoms with Gasteiger partial charge in [-0.15, -0.1) is 0 Å². The van der Waals surface area contributed by atoms with E-state index in [1.807, 2.05) is 26.1 Å². The molecule has 0 aliphatic carbocycles. The van der Waals surface area contributed by atoms with Gasteiger partial charge < -0.3 is 14.0 Å². The predicted octanol–water partition coefficient (Wildman–Crippen LogP) is 2.85. The van der Waals surface area contributed by atoms with E-state index in [9.17, 15) is 9.59 Å². The number of nitrogens with zero attached hydrogens (tertiary/aromatic N) is 1. The van der Waals surface area contributed by atoms with Crippen LogP contribution >= 0.6 is 0 Å². The standard InChI is InChI=1S/C20H17NO4/c1-12-3-5-13(6-4-12)19(22)15-11-21(2)16-10-18-17(24-7-8-25-18)9-14(16)20(15)23/h3-6,9-11H,7-8H2,1-2H3. The monoisotopic (exact) mass is 335 g/mol. The van der Waals surface area contributed by atoms with E-state index >= 15 is 0 Å². The summed E-state index contributed by atoms with van der Waals surface area (Å²) in [4.78, 5) is 25.7. The van der Waals surface area contributed by atoms with Gasteiger partial charge in [-0.2, -0.15) is 0 Å². The maximum Gasteiger partial charge on any atom is 0.200 e.